The second kappa shape index (κ2) is 6.26. The molecule has 0 amide bonds. The molecule has 0 fully saturated rings. The molecule has 0 bridgehead atoms. The van der Waals surface area contributed by atoms with Gasteiger partial charge < -0.3 is 0 Å². The van der Waals surface area contributed by atoms with Gasteiger partial charge in [-0.05, 0) is 65.5 Å². The summed E-state index contributed by atoms with van der Waals surface area (Å²) in [6.07, 6.45) is 3.08. The molecule has 5 heteroatoms. The van der Waals surface area contributed by atoms with Gasteiger partial charge >= 0.3 is 0 Å². The molecule has 0 heterocycles. The normalized spacial score (nSPS) is 15.2. The lowest BCUT2D eigenvalue weighted by Crippen LogP contribution is -2.14. The highest BCUT2D eigenvalue weighted by Crippen LogP contribution is 2.40. The number of sulfonamides is 1. The highest BCUT2D eigenvalue weighted by Gasteiger charge is 2.19. The summed E-state index contributed by atoms with van der Waals surface area (Å²) in [6.45, 7) is 2.07. The van der Waals surface area contributed by atoms with E-state index in [1.165, 1.54) is 34.4 Å². The first kappa shape index (κ1) is 15.9. The van der Waals surface area contributed by atoms with Crippen LogP contribution in [0, 0.1) is 6.92 Å². The molecule has 2 aromatic rings. The topological polar surface area (TPSA) is 46.2 Å². The summed E-state index contributed by atoms with van der Waals surface area (Å²) in [6, 6.07) is 14.8. The molecule has 2 aromatic carbocycles. The zero-order chi connectivity index (χ0) is 16.4. The summed E-state index contributed by atoms with van der Waals surface area (Å²) in [5, 5.41) is 0. The molecule has 0 spiro atoms. The average Bonchev–Trinajstić information content (AvgIpc) is 3.04. The van der Waals surface area contributed by atoms with E-state index in [1.54, 1.807) is 12.1 Å². The molecule has 0 atom stereocenters. The third kappa shape index (κ3) is 3.21. The Labute approximate surface area is 135 Å². The third-order valence-corrected chi connectivity index (χ3v) is 5.29. The second-order valence-corrected chi connectivity index (χ2v) is 7.42. The van der Waals surface area contributed by atoms with Crippen LogP contribution in [-0.2, 0) is 10.0 Å². The molecule has 0 aliphatic heterocycles. The quantitative estimate of drug-likeness (QED) is 0.851. The molecule has 1 aliphatic carbocycles. The van der Waals surface area contributed by atoms with Crippen LogP contribution >= 0.6 is 0 Å². The first-order chi connectivity index (χ1) is 11.0. The first-order valence-corrected chi connectivity index (χ1v) is 9.01. The molecule has 3 rings (SSSR count). The van der Waals surface area contributed by atoms with Gasteiger partial charge in [0.25, 0.3) is 10.0 Å². The lowest BCUT2D eigenvalue weighted by atomic mass is 9.96. The van der Waals surface area contributed by atoms with E-state index in [0.29, 0.717) is 0 Å². The van der Waals surface area contributed by atoms with Gasteiger partial charge in [-0.25, -0.2) is 8.42 Å². The van der Waals surface area contributed by atoms with Gasteiger partial charge in [0.2, 0.25) is 0 Å². The highest BCUT2D eigenvalue weighted by molar-refractivity contribution is 7.89. The average molecular weight is 331 g/mol. The van der Waals surface area contributed by atoms with Crippen LogP contribution in [0.25, 0.3) is 11.1 Å². The molecular formula is C18H18FNO2S. The van der Waals surface area contributed by atoms with Gasteiger partial charge in [-0.1, -0.05) is 42.0 Å². The van der Waals surface area contributed by atoms with Gasteiger partial charge in [-0.2, -0.15) is 0 Å². The number of allylic oxidation sites excluding steroid dienone is 2. The predicted molar refractivity (Wildman–Crippen MR) is 89.7 cm³/mol. The molecular weight excluding hydrogens is 313 g/mol. The molecule has 0 aromatic heterocycles. The Morgan fingerprint density at radius 3 is 2.22 bits per heavy atom. The summed E-state index contributed by atoms with van der Waals surface area (Å²) in [4.78, 5) is 0.778. The molecule has 0 saturated heterocycles. The van der Waals surface area contributed by atoms with E-state index in [9.17, 15) is 12.9 Å². The molecule has 1 aliphatic rings. The van der Waals surface area contributed by atoms with Crippen LogP contribution < -0.4 is 4.94 Å². The third-order valence-electron chi connectivity index (χ3n) is 4.20. The standard InChI is InChI=1S/C18H18FNO2S/c1-13-4-2-5-15(12-13)18-7-3-6-17(18)14-8-10-16(11-9-14)23(21,22)20-19/h2,4-5,8-12,20H,3,6-7H2,1H3. The number of halogens is 1. The molecule has 0 radical (unpaired) electrons. The van der Waals surface area contributed by atoms with E-state index in [4.69, 9.17) is 0 Å². The van der Waals surface area contributed by atoms with Gasteiger partial charge in [-0.15, -0.1) is 4.48 Å². The van der Waals surface area contributed by atoms with Gasteiger partial charge in [0.05, 0.1) is 4.90 Å². The van der Waals surface area contributed by atoms with Crippen molar-refractivity contribution in [3.8, 4) is 0 Å². The smallest absolute Gasteiger partial charge is 0.205 e. The van der Waals surface area contributed by atoms with E-state index in [2.05, 4.69) is 31.2 Å². The minimum atomic E-state index is -4.04. The number of hydrogen-bond donors (Lipinski definition) is 1. The van der Waals surface area contributed by atoms with Gasteiger partial charge in [0.1, 0.15) is 0 Å². The van der Waals surface area contributed by atoms with Crippen LogP contribution in [-0.4, -0.2) is 8.42 Å². The van der Waals surface area contributed by atoms with Gasteiger partial charge in [0, 0.05) is 0 Å². The minimum absolute atomic E-state index is 0.0700. The zero-order valence-electron chi connectivity index (χ0n) is 12.8. The number of rotatable bonds is 4. The minimum Gasteiger partial charge on any atom is -0.205 e. The monoisotopic (exact) mass is 331 g/mol. The van der Waals surface area contributed by atoms with E-state index in [1.807, 2.05) is 0 Å². The Balaban J connectivity index is 2.01. The van der Waals surface area contributed by atoms with E-state index in [0.717, 1.165) is 29.8 Å². The first-order valence-electron chi connectivity index (χ1n) is 7.53. The van der Waals surface area contributed by atoms with Gasteiger partial charge in [-0.3, -0.25) is 0 Å². The molecule has 1 N–H and O–H groups in total. The highest BCUT2D eigenvalue weighted by atomic mass is 32.2. The fraction of sp³-hybridized carbons (Fsp3) is 0.222. The fourth-order valence-electron chi connectivity index (χ4n) is 3.09. The zero-order valence-corrected chi connectivity index (χ0v) is 13.7. The van der Waals surface area contributed by atoms with Gasteiger partial charge in [0.15, 0.2) is 0 Å². The molecule has 3 nitrogen and oxygen atoms in total. The van der Waals surface area contributed by atoms with Crippen LogP contribution in [0.1, 0.15) is 36.0 Å². The van der Waals surface area contributed by atoms with E-state index < -0.39 is 10.0 Å². The van der Waals surface area contributed by atoms with Crippen LogP contribution in [0.5, 0.6) is 0 Å². The molecule has 0 saturated carbocycles. The number of nitrogens with one attached hydrogen (secondary N) is 1. The largest absolute Gasteiger partial charge is 0.266 e. The maximum Gasteiger partial charge on any atom is 0.266 e. The van der Waals surface area contributed by atoms with Crippen LogP contribution in [0.3, 0.4) is 0 Å². The molecule has 23 heavy (non-hydrogen) atoms. The van der Waals surface area contributed by atoms with Crippen molar-refractivity contribution in [2.75, 3.05) is 0 Å². The summed E-state index contributed by atoms with van der Waals surface area (Å²) >= 11 is 0. The van der Waals surface area contributed by atoms with Crippen LogP contribution in [0.2, 0.25) is 0 Å². The van der Waals surface area contributed by atoms with Crippen molar-refractivity contribution in [3.05, 3.63) is 65.2 Å². The van der Waals surface area contributed by atoms with Crippen LogP contribution in [0.4, 0.5) is 4.48 Å². The maximum atomic E-state index is 12.3. The Morgan fingerprint density at radius 2 is 1.61 bits per heavy atom. The van der Waals surface area contributed by atoms with Crippen molar-refractivity contribution in [1.29, 1.82) is 0 Å². The lowest BCUT2D eigenvalue weighted by molar-refractivity contribution is 0.425. The fourth-order valence-corrected chi connectivity index (χ4v) is 3.68. The van der Waals surface area contributed by atoms with E-state index >= 15 is 0 Å². The summed E-state index contributed by atoms with van der Waals surface area (Å²) in [5.41, 5.74) is 5.99. The second-order valence-electron chi connectivity index (χ2n) is 5.79. The Bertz CT molecular complexity index is 855. The Hall–Kier alpha value is -1.98. The van der Waals surface area contributed by atoms with Crippen molar-refractivity contribution < 1.29 is 12.9 Å². The number of hydrogen-bond acceptors (Lipinski definition) is 2. The number of benzene rings is 2. The van der Waals surface area contributed by atoms with Crippen LogP contribution in [0.15, 0.2) is 53.4 Å². The molecule has 120 valence electrons. The van der Waals surface area contributed by atoms with Crippen molar-refractivity contribution in [2.24, 2.45) is 0 Å². The van der Waals surface area contributed by atoms with E-state index in [-0.39, 0.29) is 4.90 Å². The molecule has 0 unspecified atom stereocenters. The summed E-state index contributed by atoms with van der Waals surface area (Å²) in [7, 11) is -4.04. The number of aryl methyl sites for hydroxylation is 1. The van der Waals surface area contributed by atoms with Crippen molar-refractivity contribution in [1.82, 2.24) is 4.94 Å². The maximum absolute atomic E-state index is 12.3. The van der Waals surface area contributed by atoms with Crippen molar-refractivity contribution >= 4 is 21.2 Å². The predicted octanol–water partition coefficient (Wildman–Crippen LogP) is 4.25. The summed E-state index contributed by atoms with van der Waals surface area (Å²) < 4.78 is 35.2. The Morgan fingerprint density at radius 1 is 0.957 bits per heavy atom. The van der Waals surface area contributed by atoms with Crippen molar-refractivity contribution in [3.63, 3.8) is 0 Å². The Kier molecular flexibility index (Phi) is 4.33. The van der Waals surface area contributed by atoms with Crippen molar-refractivity contribution in [2.45, 2.75) is 31.1 Å². The summed E-state index contributed by atoms with van der Waals surface area (Å²) in [5.74, 6) is 0. The lowest BCUT2D eigenvalue weighted by Gasteiger charge is -2.10. The SMILES string of the molecule is Cc1cccc(C2=C(c3ccc(S(=O)(=O)NF)cc3)CCC2)c1.